The highest BCUT2D eigenvalue weighted by Gasteiger charge is 2.44. The molecule has 1 aliphatic heterocycles. The third-order valence-corrected chi connectivity index (χ3v) is 4.48. The first-order valence-electron chi connectivity index (χ1n) is 8.58. The molecule has 1 aliphatic rings. The molecule has 2 amide bonds. The number of ether oxygens (including phenoxy) is 2. The Balaban J connectivity index is 1.65. The molecule has 140 valence electrons. The van der Waals surface area contributed by atoms with Crippen molar-refractivity contribution in [3.05, 3.63) is 65.2 Å². The van der Waals surface area contributed by atoms with Gasteiger partial charge in [0.2, 0.25) is 0 Å². The first kappa shape index (κ1) is 18.8. The number of rotatable bonds is 7. The number of ketones is 1. The lowest BCUT2D eigenvalue weighted by atomic mass is 10.0. The fraction of sp³-hybridized carbons (Fsp3) is 0.286. The van der Waals surface area contributed by atoms with Gasteiger partial charge in [0, 0.05) is 5.56 Å². The molecule has 1 heterocycles. The molecule has 0 saturated heterocycles. The van der Waals surface area contributed by atoms with Gasteiger partial charge in [-0.3, -0.25) is 19.3 Å². The van der Waals surface area contributed by atoms with Crippen LogP contribution in [0.2, 0.25) is 0 Å². The summed E-state index contributed by atoms with van der Waals surface area (Å²) in [4.78, 5) is 38.7. The zero-order valence-corrected chi connectivity index (χ0v) is 15.5. The van der Waals surface area contributed by atoms with Crippen molar-refractivity contribution in [2.75, 3.05) is 20.3 Å². The van der Waals surface area contributed by atoms with E-state index in [1.165, 1.54) is 12.0 Å². The second-order valence-electron chi connectivity index (χ2n) is 6.95. The molecule has 0 aromatic heterocycles. The number of imide groups is 1. The quantitative estimate of drug-likeness (QED) is 0.556. The number of carbonyl (C=O) groups excluding carboxylic acids is 3. The van der Waals surface area contributed by atoms with E-state index in [4.69, 9.17) is 9.47 Å². The summed E-state index contributed by atoms with van der Waals surface area (Å²) in [5, 5.41) is 0. The molecular formula is C21H21NO5. The molecule has 0 spiro atoms. The van der Waals surface area contributed by atoms with Gasteiger partial charge in [-0.05, 0) is 38.1 Å². The van der Waals surface area contributed by atoms with E-state index >= 15 is 0 Å². The second-order valence-corrected chi connectivity index (χ2v) is 6.95. The fourth-order valence-corrected chi connectivity index (χ4v) is 3.08. The highest BCUT2D eigenvalue weighted by molar-refractivity contribution is 6.21. The number of fused-ring (bicyclic) bond motifs is 1. The predicted molar refractivity (Wildman–Crippen MR) is 99.2 cm³/mol. The topological polar surface area (TPSA) is 72.9 Å². The van der Waals surface area contributed by atoms with Gasteiger partial charge in [-0.25, -0.2) is 0 Å². The highest BCUT2D eigenvalue weighted by Crippen LogP contribution is 2.29. The Morgan fingerprint density at radius 1 is 1.00 bits per heavy atom. The highest BCUT2D eigenvalue weighted by atomic mass is 16.5. The summed E-state index contributed by atoms with van der Waals surface area (Å²) in [5.74, 6) is -0.300. The number of nitrogens with zero attached hydrogens (tertiary/aromatic N) is 1. The van der Waals surface area contributed by atoms with Crippen LogP contribution in [0.3, 0.4) is 0 Å². The van der Waals surface area contributed by atoms with Crippen LogP contribution in [-0.4, -0.2) is 48.4 Å². The van der Waals surface area contributed by atoms with E-state index in [2.05, 4.69) is 0 Å². The van der Waals surface area contributed by atoms with Crippen LogP contribution < -0.4 is 4.74 Å². The van der Waals surface area contributed by atoms with Crippen LogP contribution in [0.15, 0.2) is 48.5 Å². The van der Waals surface area contributed by atoms with Crippen LogP contribution in [0.5, 0.6) is 5.75 Å². The second kappa shape index (κ2) is 7.32. The first-order valence-corrected chi connectivity index (χ1v) is 8.58. The summed E-state index contributed by atoms with van der Waals surface area (Å²) < 4.78 is 10.7. The third kappa shape index (κ3) is 3.61. The lowest BCUT2D eigenvalue weighted by Gasteiger charge is -2.33. The number of hydrogen-bond acceptors (Lipinski definition) is 5. The molecule has 6 heteroatoms. The Morgan fingerprint density at radius 2 is 1.63 bits per heavy atom. The Kier molecular flexibility index (Phi) is 5.10. The fourth-order valence-electron chi connectivity index (χ4n) is 3.08. The van der Waals surface area contributed by atoms with Crippen molar-refractivity contribution in [2.45, 2.75) is 19.4 Å². The normalized spacial score (nSPS) is 13.7. The van der Waals surface area contributed by atoms with Crippen LogP contribution in [-0.2, 0) is 4.74 Å². The van der Waals surface area contributed by atoms with Gasteiger partial charge in [0.15, 0.2) is 5.78 Å². The van der Waals surface area contributed by atoms with Crippen molar-refractivity contribution in [3.8, 4) is 5.75 Å². The lowest BCUT2D eigenvalue weighted by molar-refractivity contribution is 0.0179. The summed E-state index contributed by atoms with van der Waals surface area (Å²) >= 11 is 0. The van der Waals surface area contributed by atoms with Crippen LogP contribution in [0.1, 0.15) is 44.9 Å². The average molecular weight is 367 g/mol. The Hall–Kier alpha value is -2.99. The third-order valence-electron chi connectivity index (χ3n) is 4.48. The van der Waals surface area contributed by atoms with Crippen LogP contribution in [0, 0.1) is 0 Å². The largest absolute Gasteiger partial charge is 0.497 e. The number of benzene rings is 2. The smallest absolute Gasteiger partial charge is 0.262 e. The zero-order valence-electron chi connectivity index (χ0n) is 15.5. The number of methoxy groups -OCH3 is 1. The molecule has 27 heavy (non-hydrogen) atoms. The minimum Gasteiger partial charge on any atom is -0.497 e. The maximum atomic E-state index is 12.6. The zero-order chi connectivity index (χ0) is 19.6. The van der Waals surface area contributed by atoms with Gasteiger partial charge in [0.05, 0.1) is 30.4 Å². The summed E-state index contributed by atoms with van der Waals surface area (Å²) in [7, 11) is 1.53. The van der Waals surface area contributed by atoms with E-state index in [0.717, 1.165) is 0 Å². The SMILES string of the molecule is COc1cccc(C(=O)COCC(C)(C)N2C(=O)c3ccccc3C2=O)c1. The van der Waals surface area contributed by atoms with Crippen LogP contribution in [0.25, 0.3) is 0 Å². The molecule has 0 saturated carbocycles. The molecular weight excluding hydrogens is 346 g/mol. The summed E-state index contributed by atoms with van der Waals surface area (Å²) in [5.41, 5.74) is 0.376. The molecule has 0 unspecified atom stereocenters. The molecule has 0 fully saturated rings. The van der Waals surface area contributed by atoms with E-state index in [0.29, 0.717) is 22.4 Å². The van der Waals surface area contributed by atoms with Crippen molar-refractivity contribution in [1.29, 1.82) is 0 Å². The number of carbonyl (C=O) groups is 3. The number of hydrogen-bond donors (Lipinski definition) is 0. The van der Waals surface area contributed by atoms with Gasteiger partial charge < -0.3 is 9.47 Å². The molecule has 2 aromatic carbocycles. The van der Waals surface area contributed by atoms with Gasteiger partial charge in [0.1, 0.15) is 12.4 Å². The molecule has 0 atom stereocenters. The molecule has 0 N–H and O–H groups in total. The molecule has 3 rings (SSSR count). The van der Waals surface area contributed by atoms with Crippen molar-refractivity contribution in [1.82, 2.24) is 4.90 Å². The molecule has 2 aromatic rings. The maximum Gasteiger partial charge on any atom is 0.262 e. The Bertz CT molecular complexity index is 868. The maximum absolute atomic E-state index is 12.6. The molecule has 0 bridgehead atoms. The predicted octanol–water partition coefficient (Wildman–Crippen LogP) is 2.97. The van der Waals surface area contributed by atoms with E-state index in [1.807, 2.05) is 0 Å². The van der Waals surface area contributed by atoms with Gasteiger partial charge >= 0.3 is 0 Å². The van der Waals surface area contributed by atoms with E-state index in [1.54, 1.807) is 62.4 Å². The van der Waals surface area contributed by atoms with Crippen molar-refractivity contribution in [2.24, 2.45) is 0 Å². The van der Waals surface area contributed by atoms with E-state index in [-0.39, 0.29) is 30.8 Å². The van der Waals surface area contributed by atoms with Crippen LogP contribution in [0.4, 0.5) is 0 Å². The molecule has 6 nitrogen and oxygen atoms in total. The van der Waals surface area contributed by atoms with Gasteiger partial charge in [-0.15, -0.1) is 0 Å². The monoisotopic (exact) mass is 367 g/mol. The minimum absolute atomic E-state index is 0.0498. The first-order chi connectivity index (χ1) is 12.8. The number of amides is 2. The van der Waals surface area contributed by atoms with Crippen molar-refractivity contribution in [3.63, 3.8) is 0 Å². The summed E-state index contributed by atoms with van der Waals surface area (Å²) in [6.07, 6.45) is 0. The number of Topliss-reactive ketones (excluding diaryl/α,β-unsaturated/α-hetero) is 1. The van der Waals surface area contributed by atoms with E-state index in [9.17, 15) is 14.4 Å². The van der Waals surface area contributed by atoms with Crippen LogP contribution >= 0.6 is 0 Å². The Labute approximate surface area is 157 Å². The van der Waals surface area contributed by atoms with Crippen molar-refractivity contribution < 1.29 is 23.9 Å². The molecule has 0 aliphatic carbocycles. The Morgan fingerprint density at radius 3 is 2.22 bits per heavy atom. The van der Waals surface area contributed by atoms with Gasteiger partial charge in [0.25, 0.3) is 11.8 Å². The van der Waals surface area contributed by atoms with Crippen molar-refractivity contribution >= 4 is 17.6 Å². The van der Waals surface area contributed by atoms with Gasteiger partial charge in [-0.2, -0.15) is 0 Å². The van der Waals surface area contributed by atoms with E-state index < -0.39 is 5.54 Å². The lowest BCUT2D eigenvalue weighted by Crippen LogP contribution is -2.50. The average Bonchev–Trinajstić information content (AvgIpc) is 2.93. The standard InChI is InChI=1S/C21H21NO5/c1-21(2,22-19(24)16-9-4-5-10-17(16)20(22)25)13-27-12-18(23)14-7-6-8-15(11-14)26-3/h4-11H,12-13H2,1-3H3. The summed E-state index contributed by atoms with van der Waals surface area (Å²) in [6, 6.07) is 13.5. The summed E-state index contributed by atoms with van der Waals surface area (Å²) in [6.45, 7) is 3.38. The minimum atomic E-state index is -0.887. The van der Waals surface area contributed by atoms with Gasteiger partial charge in [-0.1, -0.05) is 24.3 Å². The molecule has 0 radical (unpaired) electrons.